The molecular formula is C18H19N3O3S. The molecule has 2 aromatic heterocycles. The lowest BCUT2D eigenvalue weighted by Gasteiger charge is -2.23. The summed E-state index contributed by atoms with van der Waals surface area (Å²) in [6.07, 6.45) is 1.75. The van der Waals surface area contributed by atoms with E-state index < -0.39 is 5.97 Å². The first kappa shape index (κ1) is 17.2. The molecule has 0 aliphatic heterocycles. The number of aromatic nitrogens is 2. The van der Waals surface area contributed by atoms with Gasteiger partial charge in [-0.25, -0.2) is 9.78 Å². The fourth-order valence-electron chi connectivity index (χ4n) is 2.43. The third-order valence-corrected chi connectivity index (χ3v) is 5.33. The molecule has 0 saturated carbocycles. The fraction of sp³-hybridized carbons (Fsp3) is 0.278. The maximum Gasteiger partial charge on any atom is 0.355 e. The number of para-hydroxylation sites is 1. The molecule has 0 unspecified atom stereocenters. The van der Waals surface area contributed by atoms with Crippen LogP contribution in [0.15, 0.2) is 42.6 Å². The molecule has 0 bridgehead atoms. The van der Waals surface area contributed by atoms with E-state index in [0.29, 0.717) is 5.69 Å². The van der Waals surface area contributed by atoms with E-state index >= 15 is 0 Å². The van der Waals surface area contributed by atoms with E-state index in [2.05, 4.69) is 4.98 Å². The number of carbonyl (C=O) groups excluding carboxylic acids is 2. The van der Waals surface area contributed by atoms with Gasteiger partial charge in [-0.3, -0.25) is 4.79 Å². The molecule has 6 nitrogen and oxygen atoms in total. The van der Waals surface area contributed by atoms with Gasteiger partial charge >= 0.3 is 5.97 Å². The Balaban J connectivity index is 1.63. The summed E-state index contributed by atoms with van der Waals surface area (Å²) in [5.74, 6) is -0.781. The Morgan fingerprint density at radius 2 is 2.04 bits per heavy atom. The Hall–Kier alpha value is -2.67. The molecule has 25 heavy (non-hydrogen) atoms. The first-order valence-corrected chi connectivity index (χ1v) is 8.68. The molecule has 0 aliphatic rings. The number of thiazole rings is 1. The number of esters is 1. The molecule has 3 rings (SSSR count). The van der Waals surface area contributed by atoms with Gasteiger partial charge in [-0.1, -0.05) is 12.1 Å². The van der Waals surface area contributed by atoms with Crippen LogP contribution in [0, 0.1) is 0 Å². The number of fused-ring (bicyclic) bond motifs is 1. The first-order valence-electron chi connectivity index (χ1n) is 7.87. The number of likely N-dealkylation sites (N-methyl/N-ethyl adjacent to an activating group) is 1. The van der Waals surface area contributed by atoms with Crippen molar-refractivity contribution in [2.45, 2.75) is 13.0 Å². The monoisotopic (exact) mass is 357 g/mol. The molecule has 130 valence electrons. The maximum atomic E-state index is 12.4. The van der Waals surface area contributed by atoms with Crippen molar-refractivity contribution in [2.75, 3.05) is 13.7 Å². The predicted octanol–water partition coefficient (Wildman–Crippen LogP) is 3.01. The van der Waals surface area contributed by atoms with Crippen molar-refractivity contribution >= 4 is 33.4 Å². The van der Waals surface area contributed by atoms with Crippen LogP contribution in [0.2, 0.25) is 0 Å². The standard InChI is InChI=1S/C18H19N3O3S/c1-12(17-19-13-7-4-5-9-15(13)25-17)21(3)16(22)11-24-18(23)14-8-6-10-20(14)2/h4-10,12H,11H2,1-3H3/t12-/m0/s1. The number of hydrogen-bond acceptors (Lipinski definition) is 5. The number of aryl methyl sites for hydroxylation is 1. The van der Waals surface area contributed by atoms with Crippen LogP contribution < -0.4 is 0 Å². The summed E-state index contributed by atoms with van der Waals surface area (Å²) in [5.41, 5.74) is 1.33. The summed E-state index contributed by atoms with van der Waals surface area (Å²) >= 11 is 1.56. The molecule has 0 aliphatic carbocycles. The van der Waals surface area contributed by atoms with E-state index in [1.165, 1.54) is 0 Å². The van der Waals surface area contributed by atoms with Crippen LogP contribution in [-0.2, 0) is 16.6 Å². The van der Waals surface area contributed by atoms with Gasteiger partial charge in [0.05, 0.1) is 16.3 Å². The van der Waals surface area contributed by atoms with E-state index in [0.717, 1.165) is 15.2 Å². The topological polar surface area (TPSA) is 64.4 Å². The Morgan fingerprint density at radius 1 is 1.28 bits per heavy atom. The molecule has 0 N–H and O–H groups in total. The van der Waals surface area contributed by atoms with Crippen LogP contribution in [0.3, 0.4) is 0 Å². The van der Waals surface area contributed by atoms with Crippen LogP contribution in [0.5, 0.6) is 0 Å². The molecule has 0 radical (unpaired) electrons. The van der Waals surface area contributed by atoms with Crippen LogP contribution in [0.25, 0.3) is 10.2 Å². The third kappa shape index (κ3) is 3.56. The Labute approximate surface area is 149 Å². The average Bonchev–Trinajstić information content (AvgIpc) is 3.23. The zero-order valence-electron chi connectivity index (χ0n) is 14.3. The summed E-state index contributed by atoms with van der Waals surface area (Å²) in [7, 11) is 3.44. The highest BCUT2D eigenvalue weighted by atomic mass is 32.1. The zero-order chi connectivity index (χ0) is 18.0. The molecule has 1 aromatic carbocycles. The van der Waals surface area contributed by atoms with Crippen LogP contribution in [0.4, 0.5) is 0 Å². The van der Waals surface area contributed by atoms with Crippen molar-refractivity contribution in [3.8, 4) is 0 Å². The lowest BCUT2D eigenvalue weighted by atomic mass is 10.3. The largest absolute Gasteiger partial charge is 0.451 e. The number of carbonyl (C=O) groups is 2. The van der Waals surface area contributed by atoms with Crippen molar-refractivity contribution in [1.82, 2.24) is 14.5 Å². The van der Waals surface area contributed by atoms with Crippen LogP contribution in [-0.4, -0.2) is 40.0 Å². The van der Waals surface area contributed by atoms with Crippen molar-refractivity contribution < 1.29 is 14.3 Å². The number of amides is 1. The lowest BCUT2D eigenvalue weighted by molar-refractivity contribution is -0.135. The minimum Gasteiger partial charge on any atom is -0.451 e. The minimum atomic E-state index is -0.512. The Bertz CT molecular complexity index is 882. The van der Waals surface area contributed by atoms with E-state index in [1.807, 2.05) is 31.2 Å². The van der Waals surface area contributed by atoms with Crippen LogP contribution >= 0.6 is 11.3 Å². The molecule has 0 fully saturated rings. The second-order valence-corrected chi connectivity index (χ2v) is 6.84. The number of hydrogen-bond donors (Lipinski definition) is 0. The van der Waals surface area contributed by atoms with E-state index in [1.54, 1.807) is 53.2 Å². The van der Waals surface area contributed by atoms with Gasteiger partial charge < -0.3 is 14.2 Å². The Kier molecular flexibility index (Phi) is 4.85. The first-order chi connectivity index (χ1) is 12.0. The average molecular weight is 357 g/mol. The number of benzene rings is 1. The Morgan fingerprint density at radius 3 is 2.72 bits per heavy atom. The fourth-order valence-corrected chi connectivity index (χ4v) is 3.49. The van der Waals surface area contributed by atoms with E-state index in [4.69, 9.17) is 4.74 Å². The van der Waals surface area contributed by atoms with Gasteiger partial charge in [0.1, 0.15) is 10.7 Å². The van der Waals surface area contributed by atoms with Crippen LogP contribution in [0.1, 0.15) is 28.5 Å². The van der Waals surface area contributed by atoms with Gasteiger partial charge in [-0.05, 0) is 31.2 Å². The molecule has 0 spiro atoms. The van der Waals surface area contributed by atoms with E-state index in [9.17, 15) is 9.59 Å². The number of rotatable bonds is 5. The lowest BCUT2D eigenvalue weighted by Crippen LogP contribution is -2.33. The van der Waals surface area contributed by atoms with Gasteiger partial charge in [0.2, 0.25) is 0 Å². The van der Waals surface area contributed by atoms with Crippen molar-refractivity contribution in [1.29, 1.82) is 0 Å². The molecule has 0 saturated heterocycles. The summed E-state index contributed by atoms with van der Waals surface area (Å²) in [6.45, 7) is 1.62. The quantitative estimate of drug-likeness (QED) is 0.659. The molecular weight excluding hydrogens is 338 g/mol. The van der Waals surface area contributed by atoms with Crippen molar-refractivity contribution in [3.63, 3.8) is 0 Å². The normalized spacial score (nSPS) is 12.1. The minimum absolute atomic E-state index is 0.196. The van der Waals surface area contributed by atoms with Crippen molar-refractivity contribution in [2.24, 2.45) is 7.05 Å². The zero-order valence-corrected chi connectivity index (χ0v) is 15.1. The highest BCUT2D eigenvalue weighted by molar-refractivity contribution is 7.18. The third-order valence-electron chi connectivity index (χ3n) is 4.12. The second kappa shape index (κ2) is 7.06. The highest BCUT2D eigenvalue weighted by Gasteiger charge is 2.22. The van der Waals surface area contributed by atoms with Crippen molar-refractivity contribution in [3.05, 3.63) is 53.3 Å². The second-order valence-electron chi connectivity index (χ2n) is 5.78. The van der Waals surface area contributed by atoms with Gasteiger partial charge in [0, 0.05) is 20.3 Å². The summed E-state index contributed by atoms with van der Waals surface area (Å²) in [6, 6.07) is 11.1. The van der Waals surface area contributed by atoms with E-state index in [-0.39, 0.29) is 18.6 Å². The van der Waals surface area contributed by atoms with Gasteiger partial charge in [-0.15, -0.1) is 11.3 Å². The highest BCUT2D eigenvalue weighted by Crippen LogP contribution is 2.28. The van der Waals surface area contributed by atoms with Gasteiger partial charge in [0.25, 0.3) is 5.91 Å². The number of nitrogens with zero attached hydrogens (tertiary/aromatic N) is 3. The van der Waals surface area contributed by atoms with Gasteiger partial charge in [0.15, 0.2) is 6.61 Å². The molecule has 3 aromatic rings. The molecule has 2 heterocycles. The summed E-state index contributed by atoms with van der Waals surface area (Å²) in [4.78, 5) is 30.5. The SMILES string of the molecule is C[C@@H](c1nc2ccccc2s1)N(C)C(=O)COC(=O)c1cccn1C. The molecule has 1 atom stereocenters. The number of ether oxygens (including phenoxy) is 1. The van der Waals surface area contributed by atoms with Gasteiger partial charge in [-0.2, -0.15) is 0 Å². The molecule has 1 amide bonds. The summed E-state index contributed by atoms with van der Waals surface area (Å²) < 4.78 is 7.86. The molecule has 7 heteroatoms. The smallest absolute Gasteiger partial charge is 0.355 e. The predicted molar refractivity (Wildman–Crippen MR) is 96.5 cm³/mol. The summed E-state index contributed by atoms with van der Waals surface area (Å²) in [5, 5.41) is 0.853. The maximum absolute atomic E-state index is 12.4.